The van der Waals surface area contributed by atoms with Gasteiger partial charge in [-0.1, -0.05) is 59.3 Å². The molecule has 0 amide bonds. The lowest BCUT2D eigenvalue weighted by molar-refractivity contribution is -0.142. The molecule has 0 saturated heterocycles. The molecule has 0 rings (SSSR count). The molecular weight excluding hydrogens is 256 g/mol. The van der Waals surface area contributed by atoms with Crippen LogP contribution in [-0.2, 0) is 9.59 Å². The van der Waals surface area contributed by atoms with Crippen LogP contribution in [0.15, 0.2) is 0 Å². The SMILES string of the molecule is CCCCC(CC)C(=O)O.CCCCCCCC(=O)O. The molecule has 0 radical (unpaired) electrons. The third-order valence-corrected chi connectivity index (χ3v) is 3.24. The van der Waals surface area contributed by atoms with Crippen LogP contribution in [0.25, 0.3) is 0 Å². The van der Waals surface area contributed by atoms with Crippen molar-refractivity contribution >= 4 is 11.9 Å². The second kappa shape index (κ2) is 16.0. The van der Waals surface area contributed by atoms with E-state index in [9.17, 15) is 9.59 Å². The molecule has 0 spiro atoms. The summed E-state index contributed by atoms with van der Waals surface area (Å²) in [5, 5.41) is 16.9. The lowest BCUT2D eigenvalue weighted by atomic mass is 10.00. The molecular formula is C16H32O4. The number of aliphatic carboxylic acids is 2. The molecule has 0 bridgehead atoms. The molecule has 120 valence electrons. The molecule has 1 atom stereocenters. The minimum atomic E-state index is -0.670. The first-order valence-electron chi connectivity index (χ1n) is 7.94. The van der Waals surface area contributed by atoms with Gasteiger partial charge in [-0.3, -0.25) is 9.59 Å². The maximum atomic E-state index is 10.4. The molecule has 0 heterocycles. The molecule has 4 nitrogen and oxygen atoms in total. The van der Waals surface area contributed by atoms with Crippen LogP contribution in [0.2, 0.25) is 0 Å². The molecule has 0 fully saturated rings. The predicted octanol–water partition coefficient (Wildman–Crippen LogP) is 4.72. The van der Waals surface area contributed by atoms with Crippen molar-refractivity contribution in [2.45, 2.75) is 85.0 Å². The maximum absolute atomic E-state index is 10.4. The summed E-state index contributed by atoms with van der Waals surface area (Å²) in [7, 11) is 0. The zero-order chi connectivity index (χ0) is 15.8. The second-order valence-corrected chi connectivity index (χ2v) is 5.14. The van der Waals surface area contributed by atoms with Gasteiger partial charge in [0, 0.05) is 6.42 Å². The zero-order valence-electron chi connectivity index (χ0n) is 13.4. The summed E-state index contributed by atoms with van der Waals surface area (Å²) in [5.41, 5.74) is 0. The Labute approximate surface area is 123 Å². The summed E-state index contributed by atoms with van der Waals surface area (Å²) in [4.78, 5) is 20.5. The molecule has 0 aliphatic carbocycles. The van der Waals surface area contributed by atoms with Crippen molar-refractivity contribution in [3.63, 3.8) is 0 Å². The van der Waals surface area contributed by atoms with Crippen LogP contribution < -0.4 is 0 Å². The molecule has 4 heteroatoms. The Balaban J connectivity index is 0. The van der Waals surface area contributed by atoms with Gasteiger partial charge in [0.15, 0.2) is 0 Å². The van der Waals surface area contributed by atoms with E-state index < -0.39 is 11.9 Å². The van der Waals surface area contributed by atoms with E-state index in [0.29, 0.717) is 6.42 Å². The van der Waals surface area contributed by atoms with E-state index in [1.165, 1.54) is 19.3 Å². The average Bonchev–Trinajstić information content (AvgIpc) is 2.39. The Morgan fingerprint density at radius 1 is 0.850 bits per heavy atom. The van der Waals surface area contributed by atoms with Crippen molar-refractivity contribution in [1.29, 1.82) is 0 Å². The van der Waals surface area contributed by atoms with Gasteiger partial charge in [0.2, 0.25) is 0 Å². The van der Waals surface area contributed by atoms with Gasteiger partial charge in [-0.15, -0.1) is 0 Å². The van der Waals surface area contributed by atoms with E-state index in [1.54, 1.807) is 0 Å². The summed E-state index contributed by atoms with van der Waals surface area (Å²) < 4.78 is 0. The van der Waals surface area contributed by atoms with E-state index >= 15 is 0 Å². The van der Waals surface area contributed by atoms with E-state index in [2.05, 4.69) is 13.8 Å². The van der Waals surface area contributed by atoms with Gasteiger partial charge in [0.25, 0.3) is 0 Å². The van der Waals surface area contributed by atoms with Gasteiger partial charge < -0.3 is 10.2 Å². The number of rotatable bonds is 11. The molecule has 0 aliphatic rings. The molecule has 1 unspecified atom stereocenters. The first-order valence-corrected chi connectivity index (χ1v) is 7.94. The molecule has 0 aliphatic heterocycles. The highest BCUT2D eigenvalue weighted by atomic mass is 16.4. The predicted molar refractivity (Wildman–Crippen MR) is 82.0 cm³/mol. The van der Waals surface area contributed by atoms with Crippen molar-refractivity contribution in [1.82, 2.24) is 0 Å². The molecule has 2 N–H and O–H groups in total. The van der Waals surface area contributed by atoms with Crippen molar-refractivity contribution < 1.29 is 19.8 Å². The van der Waals surface area contributed by atoms with E-state index in [4.69, 9.17) is 10.2 Å². The Morgan fingerprint density at radius 2 is 1.40 bits per heavy atom. The van der Waals surface area contributed by atoms with Crippen LogP contribution in [-0.4, -0.2) is 22.2 Å². The lowest BCUT2D eigenvalue weighted by Gasteiger charge is -2.06. The number of hydrogen-bond donors (Lipinski definition) is 2. The maximum Gasteiger partial charge on any atom is 0.306 e. The highest BCUT2D eigenvalue weighted by Gasteiger charge is 2.12. The Hall–Kier alpha value is -1.06. The molecule has 0 saturated carbocycles. The zero-order valence-corrected chi connectivity index (χ0v) is 13.4. The van der Waals surface area contributed by atoms with Crippen molar-refractivity contribution in [3.8, 4) is 0 Å². The van der Waals surface area contributed by atoms with Crippen LogP contribution in [0.3, 0.4) is 0 Å². The molecule has 0 aromatic rings. The lowest BCUT2D eigenvalue weighted by Crippen LogP contribution is -2.11. The Kier molecular flexibility index (Phi) is 17.0. The van der Waals surface area contributed by atoms with Crippen LogP contribution in [0.1, 0.15) is 85.0 Å². The smallest absolute Gasteiger partial charge is 0.306 e. The Morgan fingerprint density at radius 3 is 1.80 bits per heavy atom. The summed E-state index contributed by atoms with van der Waals surface area (Å²) in [6.45, 7) is 6.15. The van der Waals surface area contributed by atoms with Gasteiger partial charge in [-0.2, -0.15) is 0 Å². The van der Waals surface area contributed by atoms with Crippen molar-refractivity contribution in [3.05, 3.63) is 0 Å². The summed E-state index contributed by atoms with van der Waals surface area (Å²) in [6.07, 6.45) is 9.60. The van der Waals surface area contributed by atoms with Gasteiger partial charge in [-0.25, -0.2) is 0 Å². The van der Waals surface area contributed by atoms with E-state index in [-0.39, 0.29) is 5.92 Å². The molecule has 0 aromatic carbocycles. The minimum absolute atomic E-state index is 0.111. The van der Waals surface area contributed by atoms with Crippen molar-refractivity contribution in [2.75, 3.05) is 0 Å². The standard InChI is InChI=1S/2C8H16O2/c1-3-5-6-7(4-2)8(9)10;1-2-3-4-5-6-7-8(9)10/h7H,3-6H2,1-2H3,(H,9,10);2-7H2,1H3,(H,9,10). The third-order valence-electron chi connectivity index (χ3n) is 3.24. The first-order chi connectivity index (χ1) is 9.49. The van der Waals surface area contributed by atoms with Gasteiger partial charge in [0.05, 0.1) is 5.92 Å². The quantitative estimate of drug-likeness (QED) is 0.539. The monoisotopic (exact) mass is 288 g/mol. The number of carboxylic acids is 2. The third kappa shape index (κ3) is 16.9. The highest BCUT2D eigenvalue weighted by molar-refractivity contribution is 5.69. The Bertz CT molecular complexity index is 239. The number of carboxylic acid groups (broad SMARTS) is 2. The van der Waals surface area contributed by atoms with E-state index in [0.717, 1.165) is 38.5 Å². The fourth-order valence-corrected chi connectivity index (χ4v) is 1.83. The highest BCUT2D eigenvalue weighted by Crippen LogP contribution is 2.11. The summed E-state index contributed by atoms with van der Waals surface area (Å²) in [6, 6.07) is 0. The summed E-state index contributed by atoms with van der Waals surface area (Å²) in [5.74, 6) is -1.42. The molecule has 20 heavy (non-hydrogen) atoms. The molecule has 0 aromatic heterocycles. The first kappa shape index (κ1) is 21.2. The number of hydrogen-bond acceptors (Lipinski definition) is 2. The van der Waals surface area contributed by atoms with E-state index in [1.807, 2.05) is 6.92 Å². The number of carbonyl (C=O) groups is 2. The van der Waals surface area contributed by atoms with Crippen LogP contribution in [0, 0.1) is 5.92 Å². The topological polar surface area (TPSA) is 74.6 Å². The summed E-state index contributed by atoms with van der Waals surface area (Å²) >= 11 is 0. The van der Waals surface area contributed by atoms with Crippen LogP contribution in [0.4, 0.5) is 0 Å². The fourth-order valence-electron chi connectivity index (χ4n) is 1.83. The van der Waals surface area contributed by atoms with Crippen LogP contribution >= 0.6 is 0 Å². The fraction of sp³-hybridized carbons (Fsp3) is 0.875. The van der Waals surface area contributed by atoms with Gasteiger partial charge in [-0.05, 0) is 19.3 Å². The van der Waals surface area contributed by atoms with Gasteiger partial charge >= 0.3 is 11.9 Å². The number of unbranched alkanes of at least 4 members (excludes halogenated alkanes) is 5. The van der Waals surface area contributed by atoms with Crippen molar-refractivity contribution in [2.24, 2.45) is 5.92 Å². The largest absolute Gasteiger partial charge is 0.481 e. The second-order valence-electron chi connectivity index (χ2n) is 5.14. The average molecular weight is 288 g/mol. The normalized spacial score (nSPS) is 11.3. The van der Waals surface area contributed by atoms with Gasteiger partial charge in [0.1, 0.15) is 0 Å². The minimum Gasteiger partial charge on any atom is -0.481 e. The van der Waals surface area contributed by atoms with Crippen LogP contribution in [0.5, 0.6) is 0 Å².